The van der Waals surface area contributed by atoms with Crippen LogP contribution in [0.2, 0.25) is 0 Å². The molecule has 7 nitrogen and oxygen atoms in total. The summed E-state index contributed by atoms with van der Waals surface area (Å²) in [6.07, 6.45) is 1.79. The lowest BCUT2D eigenvalue weighted by atomic mass is 10.2. The molecule has 0 spiro atoms. The highest BCUT2D eigenvalue weighted by molar-refractivity contribution is 5.97. The second-order valence-corrected chi connectivity index (χ2v) is 4.26. The van der Waals surface area contributed by atoms with Crippen molar-refractivity contribution in [1.82, 2.24) is 10.7 Å². The maximum atomic E-state index is 11.4. The summed E-state index contributed by atoms with van der Waals surface area (Å²) in [5, 5.41) is 15.6. The third-order valence-electron chi connectivity index (χ3n) is 2.44. The highest BCUT2D eigenvalue weighted by Crippen LogP contribution is 2.08. The molecule has 0 fully saturated rings. The zero-order valence-electron chi connectivity index (χ0n) is 11.8. The topological polar surface area (TPSA) is 100 Å². The number of phenolic OH excluding ortho intramolecular Hbond substituents is 1. The van der Waals surface area contributed by atoms with Crippen LogP contribution in [0, 0.1) is 0 Å². The van der Waals surface area contributed by atoms with Gasteiger partial charge in [0.15, 0.2) is 0 Å². The van der Waals surface area contributed by atoms with Gasteiger partial charge in [-0.3, -0.25) is 9.59 Å². The molecule has 21 heavy (non-hydrogen) atoms. The van der Waals surface area contributed by atoms with Gasteiger partial charge in [-0.1, -0.05) is 12.1 Å². The van der Waals surface area contributed by atoms with Gasteiger partial charge in [0, 0.05) is 20.3 Å². The van der Waals surface area contributed by atoms with Gasteiger partial charge in [-0.25, -0.2) is 5.43 Å². The van der Waals surface area contributed by atoms with E-state index in [1.54, 1.807) is 19.2 Å². The van der Waals surface area contributed by atoms with Crippen molar-refractivity contribution in [2.75, 3.05) is 20.3 Å². The number of aromatic hydroxyl groups is 1. The van der Waals surface area contributed by atoms with Gasteiger partial charge in [0.25, 0.3) is 0 Å². The van der Waals surface area contributed by atoms with Crippen LogP contribution in [0.25, 0.3) is 0 Å². The fraction of sp³-hybridized carbons (Fsp3) is 0.357. The number of phenols is 1. The Kier molecular flexibility index (Phi) is 7.52. The minimum atomic E-state index is -0.504. The molecule has 0 saturated carbocycles. The summed E-state index contributed by atoms with van der Waals surface area (Å²) >= 11 is 0. The Labute approximate surface area is 123 Å². The Morgan fingerprint density at radius 3 is 2.90 bits per heavy atom. The van der Waals surface area contributed by atoms with Gasteiger partial charge in [0.2, 0.25) is 11.8 Å². The van der Waals surface area contributed by atoms with Gasteiger partial charge in [0.1, 0.15) is 12.2 Å². The van der Waals surface area contributed by atoms with Crippen LogP contribution in [0.15, 0.2) is 29.4 Å². The van der Waals surface area contributed by atoms with Gasteiger partial charge in [-0.15, -0.1) is 0 Å². The Morgan fingerprint density at radius 1 is 1.38 bits per heavy atom. The van der Waals surface area contributed by atoms with Gasteiger partial charge in [-0.05, 0) is 24.1 Å². The quantitative estimate of drug-likeness (QED) is 0.279. The van der Waals surface area contributed by atoms with Gasteiger partial charge in [0.05, 0.1) is 6.21 Å². The van der Waals surface area contributed by atoms with Crippen molar-refractivity contribution in [2.24, 2.45) is 5.10 Å². The van der Waals surface area contributed by atoms with E-state index in [1.807, 2.05) is 0 Å². The zero-order valence-corrected chi connectivity index (χ0v) is 11.8. The summed E-state index contributed by atoms with van der Waals surface area (Å²) in [4.78, 5) is 22.8. The molecular formula is C14H19N3O4. The van der Waals surface area contributed by atoms with E-state index < -0.39 is 5.91 Å². The Balaban J connectivity index is 2.25. The van der Waals surface area contributed by atoms with Crippen molar-refractivity contribution in [3.05, 3.63) is 29.8 Å². The first-order chi connectivity index (χ1) is 10.1. The highest BCUT2D eigenvalue weighted by atomic mass is 16.5. The lowest BCUT2D eigenvalue weighted by Gasteiger charge is -2.03. The van der Waals surface area contributed by atoms with Crippen LogP contribution < -0.4 is 10.7 Å². The molecular weight excluding hydrogens is 274 g/mol. The second-order valence-electron chi connectivity index (χ2n) is 4.26. The molecule has 0 aliphatic carbocycles. The minimum absolute atomic E-state index is 0.112. The van der Waals surface area contributed by atoms with Crippen LogP contribution in [0.1, 0.15) is 18.4 Å². The normalized spacial score (nSPS) is 10.5. The number of hydrogen-bond donors (Lipinski definition) is 3. The van der Waals surface area contributed by atoms with E-state index in [0.717, 1.165) is 0 Å². The molecule has 0 heterocycles. The molecule has 0 aromatic heterocycles. The van der Waals surface area contributed by atoms with E-state index in [2.05, 4.69) is 15.8 Å². The van der Waals surface area contributed by atoms with Gasteiger partial charge in [-0.2, -0.15) is 5.10 Å². The maximum Gasteiger partial charge on any atom is 0.249 e. The number of nitrogens with zero attached hydrogens (tertiary/aromatic N) is 1. The highest BCUT2D eigenvalue weighted by Gasteiger charge is 2.07. The SMILES string of the molecule is COCCCNC(=O)CC(=O)N/N=C\c1cccc(O)c1. The number of carbonyl (C=O) groups is 2. The molecule has 3 N–H and O–H groups in total. The zero-order chi connectivity index (χ0) is 15.5. The minimum Gasteiger partial charge on any atom is -0.508 e. The van der Waals surface area contributed by atoms with Crippen LogP contribution in [0.4, 0.5) is 0 Å². The molecule has 0 saturated heterocycles. The number of hydrogen-bond acceptors (Lipinski definition) is 5. The van der Waals surface area contributed by atoms with E-state index in [1.165, 1.54) is 18.3 Å². The van der Waals surface area contributed by atoms with Crippen LogP contribution in [-0.2, 0) is 14.3 Å². The summed E-state index contributed by atoms with van der Waals surface area (Å²) in [5.41, 5.74) is 2.88. The average molecular weight is 293 g/mol. The predicted molar refractivity (Wildman–Crippen MR) is 78.0 cm³/mol. The molecule has 0 aliphatic heterocycles. The number of rotatable bonds is 8. The molecule has 1 aromatic rings. The first-order valence-corrected chi connectivity index (χ1v) is 6.48. The number of benzene rings is 1. The van der Waals surface area contributed by atoms with E-state index >= 15 is 0 Å². The van der Waals surface area contributed by atoms with Crippen LogP contribution >= 0.6 is 0 Å². The second kappa shape index (κ2) is 9.49. The van der Waals surface area contributed by atoms with Crippen LogP contribution in [-0.4, -0.2) is 43.4 Å². The van der Waals surface area contributed by atoms with Crippen molar-refractivity contribution in [3.8, 4) is 5.75 Å². The van der Waals surface area contributed by atoms with Crippen molar-refractivity contribution in [3.63, 3.8) is 0 Å². The van der Waals surface area contributed by atoms with E-state index in [9.17, 15) is 14.7 Å². The first kappa shape index (κ1) is 16.6. The molecule has 0 unspecified atom stereocenters. The molecule has 0 atom stereocenters. The number of carbonyl (C=O) groups excluding carboxylic acids is 2. The molecule has 0 bridgehead atoms. The number of nitrogens with one attached hydrogen (secondary N) is 2. The van der Waals surface area contributed by atoms with Crippen molar-refractivity contribution >= 4 is 18.0 Å². The number of amides is 2. The van der Waals surface area contributed by atoms with Crippen molar-refractivity contribution < 1.29 is 19.4 Å². The number of methoxy groups -OCH3 is 1. The predicted octanol–water partition coefficient (Wildman–Crippen LogP) is 0.385. The van der Waals surface area contributed by atoms with Gasteiger partial charge >= 0.3 is 0 Å². The molecule has 0 radical (unpaired) electrons. The third kappa shape index (κ3) is 7.68. The number of hydrazone groups is 1. The summed E-state index contributed by atoms with van der Waals surface area (Å²) in [7, 11) is 1.58. The Bertz CT molecular complexity index is 503. The lowest BCUT2D eigenvalue weighted by molar-refractivity contribution is -0.129. The van der Waals surface area contributed by atoms with E-state index in [-0.39, 0.29) is 18.1 Å². The standard InChI is InChI=1S/C14H19N3O4/c1-21-7-3-6-15-13(19)9-14(20)17-16-10-11-4-2-5-12(18)8-11/h2,4-5,8,10,18H,3,6-7,9H2,1H3,(H,15,19)(H,17,20)/b16-10-. The lowest BCUT2D eigenvalue weighted by Crippen LogP contribution is -2.30. The maximum absolute atomic E-state index is 11.4. The molecule has 114 valence electrons. The van der Waals surface area contributed by atoms with Gasteiger partial charge < -0.3 is 15.2 Å². The van der Waals surface area contributed by atoms with Crippen LogP contribution in [0.5, 0.6) is 5.75 Å². The molecule has 2 amide bonds. The third-order valence-corrected chi connectivity index (χ3v) is 2.44. The molecule has 7 heteroatoms. The van der Waals surface area contributed by atoms with E-state index in [4.69, 9.17) is 4.74 Å². The summed E-state index contributed by atoms with van der Waals surface area (Å²) in [5.74, 6) is -0.757. The Hall–Kier alpha value is -2.41. The fourth-order valence-corrected chi connectivity index (χ4v) is 1.48. The first-order valence-electron chi connectivity index (χ1n) is 6.48. The number of ether oxygens (including phenoxy) is 1. The largest absolute Gasteiger partial charge is 0.508 e. The average Bonchev–Trinajstić information content (AvgIpc) is 2.43. The van der Waals surface area contributed by atoms with E-state index in [0.29, 0.717) is 25.1 Å². The fourth-order valence-electron chi connectivity index (χ4n) is 1.48. The summed E-state index contributed by atoms with van der Waals surface area (Å²) < 4.78 is 4.84. The Morgan fingerprint density at radius 2 is 2.19 bits per heavy atom. The monoisotopic (exact) mass is 293 g/mol. The molecule has 0 aliphatic rings. The smallest absolute Gasteiger partial charge is 0.249 e. The summed E-state index contributed by atoms with van der Waals surface area (Å²) in [6, 6.07) is 6.41. The summed E-state index contributed by atoms with van der Waals surface area (Å²) in [6.45, 7) is 1.02. The van der Waals surface area contributed by atoms with Crippen molar-refractivity contribution in [1.29, 1.82) is 0 Å². The van der Waals surface area contributed by atoms with Crippen molar-refractivity contribution in [2.45, 2.75) is 12.8 Å². The van der Waals surface area contributed by atoms with Crippen LogP contribution in [0.3, 0.4) is 0 Å². The molecule has 1 aromatic carbocycles. The molecule has 1 rings (SSSR count).